The van der Waals surface area contributed by atoms with Crippen molar-refractivity contribution in [3.8, 4) is 46.0 Å². The highest BCUT2D eigenvalue weighted by molar-refractivity contribution is 5.98. The number of carbonyl (C=O) groups is 4. The van der Waals surface area contributed by atoms with E-state index in [1.807, 2.05) is 24.3 Å². The third-order valence-electron chi connectivity index (χ3n) is 11.9. The summed E-state index contributed by atoms with van der Waals surface area (Å²) in [5, 5.41) is 11.4. The van der Waals surface area contributed by atoms with Crippen molar-refractivity contribution in [1.82, 2.24) is 0 Å². The van der Waals surface area contributed by atoms with Crippen LogP contribution in [0.2, 0.25) is 0 Å². The van der Waals surface area contributed by atoms with Crippen LogP contribution in [0.25, 0.3) is 0 Å². The van der Waals surface area contributed by atoms with Gasteiger partial charge >= 0.3 is 0 Å². The number of hydrogen-bond acceptors (Lipinski definition) is 16. The Morgan fingerprint density at radius 3 is 0.625 bits per heavy atom. The number of hydrogen-bond donors (Lipinski definition) is 4. The van der Waals surface area contributed by atoms with E-state index in [1.165, 1.54) is 0 Å². The van der Waals surface area contributed by atoms with Crippen molar-refractivity contribution in [1.29, 1.82) is 0 Å². The number of rotatable bonds is 16. The fraction of sp³-hybridized carbons (Fsp3) is 0.462. The van der Waals surface area contributed by atoms with Crippen LogP contribution in [-0.4, -0.2) is 133 Å². The molecule has 20 nitrogen and oxygen atoms in total. The van der Waals surface area contributed by atoms with Crippen molar-refractivity contribution in [2.75, 3.05) is 131 Å². The highest BCUT2D eigenvalue weighted by atomic mass is 16.5. The Labute approximate surface area is 420 Å². The zero-order valence-corrected chi connectivity index (χ0v) is 42.3. The SMILES string of the molecule is COc1cccc(OC)c1NC(=O)[C@@H]1CCOC1.COc1cccc(OC)c1NC(=O)[C@@H]1CCOC1.COc1cccc(OC)c1NC(=O)[C@H]1CCOC1.COc1cccc(OC)c1NC(=O)[C@H]1CCOC1. The van der Waals surface area contributed by atoms with Gasteiger partial charge in [-0.1, -0.05) is 24.3 Å². The topological polar surface area (TPSA) is 227 Å². The van der Waals surface area contributed by atoms with Crippen LogP contribution in [0, 0.1) is 23.7 Å². The van der Waals surface area contributed by atoms with E-state index in [2.05, 4.69) is 21.3 Å². The summed E-state index contributed by atoms with van der Waals surface area (Å²) < 4.78 is 62.6. The summed E-state index contributed by atoms with van der Waals surface area (Å²) in [5.74, 6) is 4.05. The van der Waals surface area contributed by atoms with Crippen LogP contribution in [0.3, 0.4) is 0 Å². The minimum atomic E-state index is -0.0976. The minimum absolute atomic E-state index is 0.0599. The smallest absolute Gasteiger partial charge is 0.230 e. The van der Waals surface area contributed by atoms with Gasteiger partial charge in [-0.15, -0.1) is 0 Å². The van der Waals surface area contributed by atoms with E-state index in [1.54, 1.807) is 105 Å². The second kappa shape index (κ2) is 29.4. The number of amides is 4. The van der Waals surface area contributed by atoms with Crippen molar-refractivity contribution >= 4 is 46.4 Å². The van der Waals surface area contributed by atoms with E-state index in [0.29, 0.717) is 122 Å². The Kier molecular flexibility index (Phi) is 22.8. The van der Waals surface area contributed by atoms with Crippen LogP contribution in [0.1, 0.15) is 25.7 Å². The second-order valence-corrected chi connectivity index (χ2v) is 16.3. The summed E-state index contributed by atoms with van der Waals surface area (Å²) in [6.07, 6.45) is 3.01. The fourth-order valence-corrected chi connectivity index (χ4v) is 7.76. The first-order chi connectivity index (χ1) is 35.0. The molecule has 392 valence electrons. The predicted octanol–water partition coefficient (Wildman–Crippen LogP) is 6.72. The highest BCUT2D eigenvalue weighted by Gasteiger charge is 2.29. The Morgan fingerprint density at radius 2 is 0.500 bits per heavy atom. The molecule has 0 bridgehead atoms. The van der Waals surface area contributed by atoms with Crippen LogP contribution in [0.4, 0.5) is 22.7 Å². The molecule has 0 aromatic heterocycles. The number of nitrogens with one attached hydrogen (secondary N) is 4. The van der Waals surface area contributed by atoms with E-state index in [0.717, 1.165) is 25.7 Å². The largest absolute Gasteiger partial charge is 0.494 e. The molecule has 4 aliphatic heterocycles. The lowest BCUT2D eigenvalue weighted by molar-refractivity contribution is -0.120. The van der Waals surface area contributed by atoms with Gasteiger partial charge in [0.25, 0.3) is 0 Å². The second-order valence-electron chi connectivity index (χ2n) is 16.3. The van der Waals surface area contributed by atoms with Gasteiger partial charge in [0.1, 0.15) is 68.7 Å². The van der Waals surface area contributed by atoms with Gasteiger partial charge in [-0.05, 0) is 74.2 Å². The summed E-state index contributed by atoms with van der Waals surface area (Å²) >= 11 is 0. The molecule has 0 spiro atoms. The average Bonchev–Trinajstić information content (AvgIpc) is 4.29. The Bertz CT molecular complexity index is 1940. The Morgan fingerprint density at radius 1 is 0.333 bits per heavy atom. The minimum Gasteiger partial charge on any atom is -0.494 e. The van der Waals surface area contributed by atoms with E-state index >= 15 is 0 Å². The number of anilines is 4. The van der Waals surface area contributed by atoms with Gasteiger partial charge < -0.3 is 78.1 Å². The summed E-state index contributed by atoms with van der Waals surface area (Å²) in [7, 11) is 12.5. The van der Waals surface area contributed by atoms with Crippen LogP contribution >= 0.6 is 0 Å². The Balaban J connectivity index is 0.000000178. The first-order valence-corrected chi connectivity index (χ1v) is 23.4. The summed E-state index contributed by atoms with van der Waals surface area (Å²) in [5.41, 5.74) is 2.28. The number of carbonyl (C=O) groups excluding carboxylic acids is 4. The van der Waals surface area contributed by atoms with Gasteiger partial charge in [0.05, 0.1) is 107 Å². The maximum Gasteiger partial charge on any atom is 0.230 e. The quantitative estimate of drug-likeness (QED) is 0.0914. The van der Waals surface area contributed by atoms with Gasteiger partial charge in [-0.3, -0.25) is 19.2 Å². The van der Waals surface area contributed by atoms with Gasteiger partial charge in [0.15, 0.2) is 0 Å². The van der Waals surface area contributed by atoms with Crippen LogP contribution in [0.5, 0.6) is 46.0 Å². The van der Waals surface area contributed by atoms with E-state index in [4.69, 9.17) is 56.8 Å². The van der Waals surface area contributed by atoms with E-state index in [-0.39, 0.29) is 47.3 Å². The third kappa shape index (κ3) is 15.5. The number of methoxy groups -OCH3 is 8. The Hall–Kier alpha value is -7.00. The van der Waals surface area contributed by atoms with Crippen LogP contribution in [0.15, 0.2) is 72.8 Å². The lowest BCUT2D eigenvalue weighted by Gasteiger charge is -2.15. The zero-order chi connectivity index (χ0) is 51.8. The lowest BCUT2D eigenvalue weighted by Crippen LogP contribution is -2.23. The molecule has 20 heteroatoms. The average molecular weight is 1010 g/mol. The maximum atomic E-state index is 12.0. The molecule has 4 aliphatic rings. The molecule has 72 heavy (non-hydrogen) atoms. The number of ether oxygens (including phenoxy) is 12. The van der Waals surface area contributed by atoms with Crippen molar-refractivity contribution in [3.05, 3.63) is 72.8 Å². The molecule has 4 atom stereocenters. The van der Waals surface area contributed by atoms with E-state index in [9.17, 15) is 19.2 Å². The normalized spacial score (nSPS) is 18.4. The maximum absolute atomic E-state index is 12.0. The summed E-state index contributed by atoms with van der Waals surface area (Å²) in [4.78, 5) is 48.2. The molecule has 4 N–H and O–H groups in total. The molecule has 4 heterocycles. The molecule has 0 saturated carbocycles. The predicted molar refractivity (Wildman–Crippen MR) is 268 cm³/mol. The number of para-hydroxylation sites is 4. The summed E-state index contributed by atoms with van der Waals surface area (Å²) in [6.45, 7) is 4.46. The monoisotopic (exact) mass is 1000 g/mol. The molecule has 0 unspecified atom stereocenters. The molecule has 4 aromatic rings. The van der Waals surface area contributed by atoms with Gasteiger partial charge in [-0.2, -0.15) is 0 Å². The standard InChI is InChI=1S/4C13H17NO4/c4*1-16-10-4-3-5-11(17-2)12(10)14-13(15)9-6-7-18-8-9/h4*3-5,9H,6-8H2,1-2H3,(H,14,15)/t4*9-/m1100/s1. The number of benzene rings is 4. The summed E-state index contributed by atoms with van der Waals surface area (Å²) in [6, 6.07) is 21.5. The van der Waals surface area contributed by atoms with Gasteiger partial charge in [0, 0.05) is 26.4 Å². The molecule has 4 saturated heterocycles. The fourth-order valence-electron chi connectivity index (χ4n) is 7.76. The van der Waals surface area contributed by atoms with Gasteiger partial charge in [0.2, 0.25) is 23.6 Å². The van der Waals surface area contributed by atoms with Crippen molar-refractivity contribution in [3.63, 3.8) is 0 Å². The molecule has 0 aliphatic carbocycles. The molecule has 4 aromatic carbocycles. The zero-order valence-electron chi connectivity index (χ0n) is 42.3. The first kappa shape index (κ1) is 55.9. The van der Waals surface area contributed by atoms with Crippen LogP contribution in [-0.2, 0) is 38.1 Å². The van der Waals surface area contributed by atoms with E-state index < -0.39 is 0 Å². The third-order valence-corrected chi connectivity index (χ3v) is 11.9. The van der Waals surface area contributed by atoms with Gasteiger partial charge in [-0.25, -0.2) is 0 Å². The molecule has 0 radical (unpaired) electrons. The highest BCUT2D eigenvalue weighted by Crippen LogP contribution is 2.38. The van der Waals surface area contributed by atoms with Crippen LogP contribution < -0.4 is 59.2 Å². The molecular formula is C52H68N4O16. The molecule has 4 fully saturated rings. The molecule has 4 amide bonds. The van der Waals surface area contributed by atoms with Crippen molar-refractivity contribution in [2.24, 2.45) is 23.7 Å². The molecular weight excluding hydrogens is 937 g/mol. The molecule has 8 rings (SSSR count). The van der Waals surface area contributed by atoms with Crippen molar-refractivity contribution in [2.45, 2.75) is 25.7 Å². The lowest BCUT2D eigenvalue weighted by atomic mass is 10.1. The first-order valence-electron chi connectivity index (χ1n) is 23.4. The van der Waals surface area contributed by atoms with Crippen molar-refractivity contribution < 1.29 is 76.0 Å².